The molecule has 3 heterocycles. The fourth-order valence-corrected chi connectivity index (χ4v) is 4.27. The lowest BCUT2D eigenvalue weighted by atomic mass is 9.89. The summed E-state index contributed by atoms with van der Waals surface area (Å²) < 4.78 is 1.84. The molecule has 1 fully saturated rings. The lowest BCUT2D eigenvalue weighted by Crippen LogP contribution is -2.50. The largest absolute Gasteiger partial charge is 0.367 e. The summed E-state index contributed by atoms with van der Waals surface area (Å²) in [5.41, 5.74) is 3.55. The van der Waals surface area contributed by atoms with Crippen molar-refractivity contribution in [2.75, 3.05) is 22.5 Å². The fourth-order valence-electron chi connectivity index (χ4n) is 4.27. The van der Waals surface area contributed by atoms with E-state index in [-0.39, 0.29) is 11.4 Å². The smallest absolute Gasteiger partial charge is 0.247 e. The number of hydrogen-bond donors (Lipinski definition) is 4. The van der Waals surface area contributed by atoms with E-state index < -0.39 is 0 Å². The van der Waals surface area contributed by atoms with E-state index in [0.717, 1.165) is 47.9 Å². The van der Waals surface area contributed by atoms with Crippen LogP contribution in [0.2, 0.25) is 0 Å². The molecular formula is C25H33N7O. The second-order valence-corrected chi connectivity index (χ2v) is 9.56. The van der Waals surface area contributed by atoms with Crippen molar-refractivity contribution in [3.63, 3.8) is 0 Å². The Kier molecular flexibility index (Phi) is 6.37. The zero-order valence-electron chi connectivity index (χ0n) is 19.8. The van der Waals surface area contributed by atoms with Gasteiger partial charge in [-0.3, -0.25) is 4.79 Å². The summed E-state index contributed by atoms with van der Waals surface area (Å²) in [4.78, 5) is 16.6. The summed E-state index contributed by atoms with van der Waals surface area (Å²) >= 11 is 0. The highest BCUT2D eigenvalue weighted by Crippen LogP contribution is 2.28. The van der Waals surface area contributed by atoms with Gasteiger partial charge >= 0.3 is 0 Å². The molecule has 0 spiro atoms. The zero-order chi connectivity index (χ0) is 23.6. The number of carbonyl (C=O) groups is 1. The van der Waals surface area contributed by atoms with E-state index in [0.29, 0.717) is 17.6 Å². The number of carbonyl (C=O) groups excluding carboxylic acids is 1. The molecule has 8 nitrogen and oxygen atoms in total. The van der Waals surface area contributed by atoms with Crippen molar-refractivity contribution in [2.45, 2.75) is 58.0 Å². The first-order valence-electron chi connectivity index (χ1n) is 11.4. The Labute approximate surface area is 194 Å². The van der Waals surface area contributed by atoms with Crippen LogP contribution in [0.15, 0.2) is 49.2 Å². The molecule has 0 saturated carbocycles. The van der Waals surface area contributed by atoms with Gasteiger partial charge in [0.15, 0.2) is 5.65 Å². The minimum atomic E-state index is -0.247. The van der Waals surface area contributed by atoms with Crippen molar-refractivity contribution >= 4 is 34.6 Å². The second kappa shape index (κ2) is 9.23. The van der Waals surface area contributed by atoms with Crippen LogP contribution in [0.4, 0.5) is 23.0 Å². The van der Waals surface area contributed by atoms with E-state index in [1.807, 2.05) is 41.0 Å². The van der Waals surface area contributed by atoms with Gasteiger partial charge in [0.05, 0.1) is 6.20 Å². The monoisotopic (exact) mass is 447 g/mol. The Morgan fingerprint density at radius 2 is 2.09 bits per heavy atom. The summed E-state index contributed by atoms with van der Waals surface area (Å²) in [6.45, 7) is 13.2. The van der Waals surface area contributed by atoms with Crippen molar-refractivity contribution in [3.8, 4) is 0 Å². The molecule has 1 aliphatic heterocycles. The molecule has 1 saturated heterocycles. The van der Waals surface area contributed by atoms with Crippen LogP contribution in [-0.4, -0.2) is 38.6 Å². The molecule has 174 valence electrons. The van der Waals surface area contributed by atoms with E-state index in [1.54, 1.807) is 0 Å². The van der Waals surface area contributed by atoms with Gasteiger partial charge in [0, 0.05) is 34.6 Å². The predicted molar refractivity (Wildman–Crippen MR) is 134 cm³/mol. The third kappa shape index (κ3) is 5.34. The maximum atomic E-state index is 11.7. The Balaban J connectivity index is 1.67. The lowest BCUT2D eigenvalue weighted by molar-refractivity contribution is -0.111. The molecule has 0 radical (unpaired) electrons. The number of anilines is 4. The summed E-state index contributed by atoms with van der Waals surface area (Å²) in [5, 5.41) is 18.1. The van der Waals surface area contributed by atoms with Gasteiger partial charge in [0.2, 0.25) is 5.91 Å². The van der Waals surface area contributed by atoms with E-state index in [1.165, 1.54) is 6.08 Å². The van der Waals surface area contributed by atoms with Crippen molar-refractivity contribution in [3.05, 3.63) is 54.7 Å². The molecule has 1 atom stereocenters. The van der Waals surface area contributed by atoms with E-state index in [9.17, 15) is 4.79 Å². The molecule has 2 aromatic heterocycles. The topological polar surface area (TPSA) is 95.4 Å². The number of aromatic nitrogens is 3. The number of nitrogens with zero attached hydrogens (tertiary/aromatic N) is 3. The molecule has 1 aliphatic rings. The highest BCUT2D eigenvalue weighted by Gasteiger charge is 2.27. The second-order valence-electron chi connectivity index (χ2n) is 9.56. The minimum absolute atomic E-state index is 0.0944. The van der Waals surface area contributed by atoms with Crippen LogP contribution >= 0.6 is 0 Å². The Morgan fingerprint density at radius 3 is 2.82 bits per heavy atom. The maximum absolute atomic E-state index is 11.7. The lowest BCUT2D eigenvalue weighted by Gasteiger charge is -2.37. The summed E-state index contributed by atoms with van der Waals surface area (Å²) in [6.07, 6.45) is 5.20. The van der Waals surface area contributed by atoms with Gasteiger partial charge in [-0.1, -0.05) is 26.5 Å². The molecule has 33 heavy (non-hydrogen) atoms. The van der Waals surface area contributed by atoms with Crippen LogP contribution in [0.3, 0.4) is 0 Å². The van der Waals surface area contributed by atoms with Crippen molar-refractivity contribution < 1.29 is 4.79 Å². The van der Waals surface area contributed by atoms with Gasteiger partial charge in [-0.25, -0.2) is 4.98 Å². The van der Waals surface area contributed by atoms with Crippen LogP contribution in [-0.2, 0) is 4.79 Å². The van der Waals surface area contributed by atoms with Gasteiger partial charge in [-0.2, -0.15) is 9.61 Å². The maximum Gasteiger partial charge on any atom is 0.247 e. The van der Waals surface area contributed by atoms with Gasteiger partial charge in [0.25, 0.3) is 0 Å². The van der Waals surface area contributed by atoms with Crippen LogP contribution < -0.4 is 21.3 Å². The van der Waals surface area contributed by atoms with Gasteiger partial charge in [-0.15, -0.1) is 0 Å². The molecule has 0 unspecified atom stereocenters. The highest BCUT2D eigenvalue weighted by atomic mass is 16.1. The summed E-state index contributed by atoms with van der Waals surface area (Å²) in [7, 11) is 0. The fraction of sp³-hybridized carbons (Fsp3) is 0.400. The molecule has 3 aromatic rings. The molecule has 1 aromatic carbocycles. The number of hydrogen-bond acceptors (Lipinski definition) is 6. The third-order valence-electron chi connectivity index (χ3n) is 5.91. The molecule has 0 aliphatic carbocycles. The minimum Gasteiger partial charge on any atom is -0.367 e. The average molecular weight is 448 g/mol. The number of benzene rings is 1. The first-order chi connectivity index (χ1) is 15.7. The first kappa shape index (κ1) is 22.8. The van der Waals surface area contributed by atoms with E-state index in [2.05, 4.69) is 60.6 Å². The Hall–Kier alpha value is -3.39. The Bertz CT molecular complexity index is 1160. The van der Waals surface area contributed by atoms with Crippen LogP contribution in [0.25, 0.3) is 5.65 Å². The van der Waals surface area contributed by atoms with E-state index >= 15 is 0 Å². The SMILES string of the molecule is C=CC(=O)Nc1cccc(Nc2cc(N[C@H]3CCNC(C)(C)C3)nc3c(C(C)C)cnn23)c1. The van der Waals surface area contributed by atoms with Crippen LogP contribution in [0.5, 0.6) is 0 Å². The Morgan fingerprint density at radius 1 is 1.30 bits per heavy atom. The van der Waals surface area contributed by atoms with Crippen molar-refractivity contribution in [2.24, 2.45) is 0 Å². The molecular weight excluding hydrogens is 414 g/mol. The summed E-state index contributed by atoms with van der Waals surface area (Å²) in [5.74, 6) is 1.68. The van der Waals surface area contributed by atoms with Crippen molar-refractivity contribution in [1.29, 1.82) is 0 Å². The third-order valence-corrected chi connectivity index (χ3v) is 5.91. The summed E-state index contributed by atoms with van der Waals surface area (Å²) in [6, 6.07) is 9.89. The molecule has 0 bridgehead atoms. The number of fused-ring (bicyclic) bond motifs is 1. The zero-order valence-corrected chi connectivity index (χ0v) is 19.8. The standard InChI is InChI=1S/C25H33N7O/c1-6-23(33)30-18-9-7-8-17(12-18)29-22-13-21(28-19-10-11-26-25(4,5)14-19)31-24-20(16(2)3)15-27-32(22)24/h6-9,12-13,15-16,19,26,29H,1,10-11,14H2,2-5H3,(H,28,31)(H,30,33)/t19-/m0/s1. The normalized spacial score (nSPS) is 17.7. The molecule has 1 amide bonds. The quantitative estimate of drug-likeness (QED) is 0.394. The van der Waals surface area contributed by atoms with Crippen LogP contribution in [0.1, 0.15) is 52.0 Å². The van der Waals surface area contributed by atoms with E-state index in [4.69, 9.17) is 4.98 Å². The van der Waals surface area contributed by atoms with Gasteiger partial charge < -0.3 is 21.3 Å². The number of nitrogens with one attached hydrogen (secondary N) is 4. The molecule has 4 N–H and O–H groups in total. The van der Waals surface area contributed by atoms with Gasteiger partial charge in [-0.05, 0) is 63.4 Å². The molecule has 4 rings (SSSR count). The molecule has 8 heteroatoms. The van der Waals surface area contributed by atoms with Crippen molar-refractivity contribution in [1.82, 2.24) is 19.9 Å². The predicted octanol–water partition coefficient (Wildman–Crippen LogP) is 4.66. The number of amides is 1. The van der Waals surface area contributed by atoms with Crippen LogP contribution in [0, 0.1) is 0 Å². The number of piperidine rings is 1. The van der Waals surface area contributed by atoms with Gasteiger partial charge in [0.1, 0.15) is 11.6 Å². The average Bonchev–Trinajstić information content (AvgIpc) is 3.18. The first-order valence-corrected chi connectivity index (χ1v) is 11.4. The number of rotatable bonds is 7. The highest BCUT2D eigenvalue weighted by molar-refractivity contribution is 5.99.